The topological polar surface area (TPSA) is 26.3 Å². The van der Waals surface area contributed by atoms with Gasteiger partial charge in [-0.2, -0.15) is 0 Å². The van der Waals surface area contributed by atoms with Crippen molar-refractivity contribution < 1.29 is 27.1 Å². The van der Waals surface area contributed by atoms with E-state index in [0.717, 1.165) is 0 Å². The van der Waals surface area contributed by atoms with Gasteiger partial charge in [0, 0.05) is 5.56 Å². The summed E-state index contributed by atoms with van der Waals surface area (Å²) in [5, 5.41) is 0. The number of benzene rings is 3. The zero-order valence-corrected chi connectivity index (χ0v) is 17.5. The third kappa shape index (κ3) is 4.27. The van der Waals surface area contributed by atoms with E-state index in [9.17, 15) is 22.4 Å². The Hall–Kier alpha value is -3.15. The number of hydrogen-bond donors (Lipinski definition) is 0. The van der Waals surface area contributed by atoms with E-state index in [0.29, 0.717) is 36.8 Å². The van der Waals surface area contributed by atoms with E-state index in [1.807, 2.05) is 0 Å². The van der Waals surface area contributed by atoms with Crippen LogP contribution in [-0.2, 0) is 4.74 Å². The van der Waals surface area contributed by atoms with Crippen molar-refractivity contribution in [2.24, 2.45) is 0 Å². The van der Waals surface area contributed by atoms with Crippen molar-refractivity contribution in [1.82, 2.24) is 0 Å². The third-order valence-corrected chi connectivity index (χ3v) is 6.08. The highest BCUT2D eigenvalue weighted by Crippen LogP contribution is 2.36. The Labute approximate surface area is 183 Å². The summed E-state index contributed by atoms with van der Waals surface area (Å²) < 4.78 is 62.7. The largest absolute Gasteiger partial charge is 0.459 e. The van der Waals surface area contributed by atoms with Crippen LogP contribution in [-0.4, -0.2) is 12.1 Å². The van der Waals surface area contributed by atoms with Gasteiger partial charge in [-0.25, -0.2) is 22.4 Å². The second kappa shape index (κ2) is 9.15. The normalized spacial score (nSPS) is 18.4. The van der Waals surface area contributed by atoms with Crippen molar-refractivity contribution in [3.05, 3.63) is 94.6 Å². The van der Waals surface area contributed by atoms with Gasteiger partial charge in [0.25, 0.3) is 0 Å². The molecule has 0 N–H and O–H groups in total. The number of rotatable bonds is 4. The minimum Gasteiger partial charge on any atom is -0.459 e. The van der Waals surface area contributed by atoms with E-state index in [1.54, 1.807) is 42.5 Å². The summed E-state index contributed by atoms with van der Waals surface area (Å²) in [7, 11) is 0. The summed E-state index contributed by atoms with van der Waals surface area (Å²) >= 11 is 0. The van der Waals surface area contributed by atoms with Gasteiger partial charge in [0.05, 0.1) is 5.56 Å². The molecule has 6 heteroatoms. The van der Waals surface area contributed by atoms with Crippen LogP contribution in [0.2, 0.25) is 0 Å². The van der Waals surface area contributed by atoms with E-state index in [4.69, 9.17) is 4.74 Å². The van der Waals surface area contributed by atoms with Crippen LogP contribution in [0.25, 0.3) is 11.1 Å². The molecule has 0 heterocycles. The molecule has 32 heavy (non-hydrogen) atoms. The minimum absolute atomic E-state index is 0.0625. The van der Waals surface area contributed by atoms with E-state index >= 15 is 0 Å². The van der Waals surface area contributed by atoms with Gasteiger partial charge in [-0.1, -0.05) is 48.5 Å². The first-order chi connectivity index (χ1) is 15.4. The molecule has 1 fully saturated rings. The van der Waals surface area contributed by atoms with Gasteiger partial charge in [-0.05, 0) is 61.3 Å². The van der Waals surface area contributed by atoms with Gasteiger partial charge in [-0.3, -0.25) is 0 Å². The molecule has 166 valence electrons. The summed E-state index contributed by atoms with van der Waals surface area (Å²) in [4.78, 5) is 12.5. The highest BCUT2D eigenvalue weighted by Gasteiger charge is 2.29. The Morgan fingerprint density at radius 3 is 2.16 bits per heavy atom. The zero-order valence-electron chi connectivity index (χ0n) is 17.5. The molecule has 0 aromatic heterocycles. The monoisotopic (exact) mass is 442 g/mol. The molecule has 0 aliphatic heterocycles. The molecular formula is C26H22F4O2. The predicted octanol–water partition coefficient (Wildman–Crippen LogP) is 7.10. The Bertz CT molecular complexity index is 1140. The second-order valence-corrected chi connectivity index (χ2v) is 8.13. The molecule has 4 rings (SSSR count). The highest BCUT2D eigenvalue weighted by molar-refractivity contribution is 5.90. The Morgan fingerprint density at radius 1 is 0.781 bits per heavy atom. The zero-order chi connectivity index (χ0) is 22.8. The summed E-state index contributed by atoms with van der Waals surface area (Å²) in [6.07, 6.45) is 1.37. The average Bonchev–Trinajstić information content (AvgIpc) is 2.80. The average molecular weight is 442 g/mol. The van der Waals surface area contributed by atoms with Crippen molar-refractivity contribution in [1.29, 1.82) is 0 Å². The van der Waals surface area contributed by atoms with Crippen LogP contribution in [0.1, 0.15) is 53.1 Å². The Balaban J connectivity index is 1.42. The molecule has 1 saturated carbocycles. The van der Waals surface area contributed by atoms with Crippen molar-refractivity contribution in [3.8, 4) is 11.1 Å². The lowest BCUT2D eigenvalue weighted by atomic mass is 9.82. The van der Waals surface area contributed by atoms with E-state index < -0.39 is 40.9 Å². The molecule has 0 atom stereocenters. The van der Waals surface area contributed by atoms with Gasteiger partial charge >= 0.3 is 5.97 Å². The van der Waals surface area contributed by atoms with Crippen LogP contribution in [0.15, 0.2) is 54.6 Å². The van der Waals surface area contributed by atoms with Gasteiger partial charge in [0.1, 0.15) is 6.10 Å². The van der Waals surface area contributed by atoms with Crippen molar-refractivity contribution in [2.45, 2.75) is 44.6 Å². The SMILES string of the molecule is Cc1ccc(C2CCC(OC(=O)c3ccc(-c4ccccc4)c(F)c3F)CC2)c(F)c1F. The van der Waals surface area contributed by atoms with Crippen LogP contribution >= 0.6 is 0 Å². The number of carbonyl (C=O) groups is 1. The summed E-state index contributed by atoms with van der Waals surface area (Å²) in [6.45, 7) is 1.51. The fraction of sp³-hybridized carbons (Fsp3) is 0.269. The maximum absolute atomic E-state index is 14.6. The Kier molecular flexibility index (Phi) is 6.31. The lowest BCUT2D eigenvalue weighted by molar-refractivity contribution is 0.0188. The van der Waals surface area contributed by atoms with Gasteiger partial charge in [0.2, 0.25) is 0 Å². The summed E-state index contributed by atoms with van der Waals surface area (Å²) in [5.74, 6) is -5.14. The number of halogens is 4. The van der Waals surface area contributed by atoms with E-state index in [1.165, 1.54) is 19.1 Å². The standard InChI is InChI=1S/C26H22F4O2/c1-15-7-12-19(23(28)22(15)27)17-8-10-18(11-9-17)32-26(31)21-14-13-20(24(29)25(21)30)16-5-3-2-4-6-16/h2-7,12-14,17-18H,8-11H2,1H3. The lowest BCUT2D eigenvalue weighted by Gasteiger charge is -2.29. The highest BCUT2D eigenvalue weighted by atomic mass is 19.2. The summed E-state index contributed by atoms with van der Waals surface area (Å²) in [6, 6.07) is 14.2. The van der Waals surface area contributed by atoms with Crippen molar-refractivity contribution in [3.63, 3.8) is 0 Å². The lowest BCUT2D eigenvalue weighted by Crippen LogP contribution is -2.25. The van der Waals surface area contributed by atoms with Crippen molar-refractivity contribution in [2.75, 3.05) is 0 Å². The van der Waals surface area contributed by atoms with Gasteiger partial charge in [0.15, 0.2) is 23.3 Å². The maximum Gasteiger partial charge on any atom is 0.341 e. The number of hydrogen-bond acceptors (Lipinski definition) is 2. The molecule has 1 aliphatic carbocycles. The van der Waals surface area contributed by atoms with Crippen LogP contribution in [0.5, 0.6) is 0 Å². The summed E-state index contributed by atoms with van der Waals surface area (Å²) in [5.41, 5.74) is 0.675. The predicted molar refractivity (Wildman–Crippen MR) is 113 cm³/mol. The van der Waals surface area contributed by atoms with Crippen LogP contribution in [0.3, 0.4) is 0 Å². The molecule has 0 radical (unpaired) electrons. The first kappa shape index (κ1) is 22.1. The molecule has 0 saturated heterocycles. The Morgan fingerprint density at radius 2 is 1.47 bits per heavy atom. The fourth-order valence-corrected chi connectivity index (χ4v) is 4.23. The van der Waals surface area contributed by atoms with Gasteiger partial charge in [-0.15, -0.1) is 0 Å². The fourth-order valence-electron chi connectivity index (χ4n) is 4.23. The molecule has 0 amide bonds. The molecule has 0 bridgehead atoms. The molecule has 1 aliphatic rings. The first-order valence-electron chi connectivity index (χ1n) is 10.6. The number of carbonyl (C=O) groups excluding carboxylic acids is 1. The molecule has 2 nitrogen and oxygen atoms in total. The van der Waals surface area contributed by atoms with Crippen molar-refractivity contribution >= 4 is 5.97 Å². The smallest absolute Gasteiger partial charge is 0.341 e. The van der Waals surface area contributed by atoms with E-state index in [-0.39, 0.29) is 17.0 Å². The van der Waals surface area contributed by atoms with Gasteiger partial charge < -0.3 is 4.74 Å². The minimum atomic E-state index is -1.25. The molecule has 3 aromatic carbocycles. The quantitative estimate of drug-likeness (QED) is 0.318. The number of esters is 1. The van der Waals surface area contributed by atoms with Crippen LogP contribution in [0, 0.1) is 30.2 Å². The second-order valence-electron chi connectivity index (χ2n) is 8.13. The maximum atomic E-state index is 14.6. The molecule has 0 spiro atoms. The third-order valence-electron chi connectivity index (χ3n) is 6.08. The van der Waals surface area contributed by atoms with Crippen LogP contribution < -0.4 is 0 Å². The molecule has 0 unspecified atom stereocenters. The van der Waals surface area contributed by atoms with Crippen LogP contribution in [0.4, 0.5) is 17.6 Å². The molecular weight excluding hydrogens is 420 g/mol. The first-order valence-corrected chi connectivity index (χ1v) is 10.6. The number of ether oxygens (including phenoxy) is 1. The molecule has 3 aromatic rings. The number of aryl methyl sites for hydroxylation is 1. The van der Waals surface area contributed by atoms with E-state index in [2.05, 4.69) is 0 Å².